The van der Waals surface area contributed by atoms with Crippen LogP contribution in [-0.4, -0.2) is 54.5 Å². The zero-order valence-corrected chi connectivity index (χ0v) is 19.8. The highest BCUT2D eigenvalue weighted by Crippen LogP contribution is 2.32. The maximum Gasteiger partial charge on any atom is 0.225 e. The number of carbonyl (C=O) groups excluding carboxylic acids is 1. The monoisotopic (exact) mass is 427 g/mol. The molecule has 6 heteroatoms. The van der Waals surface area contributed by atoms with E-state index in [0.717, 1.165) is 51.4 Å². The van der Waals surface area contributed by atoms with Crippen molar-refractivity contribution in [3.05, 3.63) is 35.9 Å². The van der Waals surface area contributed by atoms with Crippen LogP contribution in [0, 0.1) is 5.92 Å². The largest absolute Gasteiger partial charge is 0.357 e. The Kier molecular flexibility index (Phi) is 8.35. The Labute approximate surface area is 188 Å². The lowest BCUT2D eigenvalue weighted by molar-refractivity contribution is -0.133. The van der Waals surface area contributed by atoms with Crippen LogP contribution in [0.25, 0.3) is 0 Å². The first-order valence-corrected chi connectivity index (χ1v) is 12.1. The van der Waals surface area contributed by atoms with Crippen LogP contribution >= 0.6 is 0 Å². The Morgan fingerprint density at radius 3 is 2.55 bits per heavy atom. The second-order valence-corrected chi connectivity index (χ2v) is 9.53. The summed E-state index contributed by atoms with van der Waals surface area (Å²) in [4.78, 5) is 19.3. The fourth-order valence-corrected chi connectivity index (χ4v) is 4.87. The minimum Gasteiger partial charge on any atom is -0.357 e. The number of hydrogen-bond donors (Lipinski definition) is 3. The number of benzene rings is 1. The third-order valence-corrected chi connectivity index (χ3v) is 6.60. The summed E-state index contributed by atoms with van der Waals surface area (Å²) >= 11 is 0. The van der Waals surface area contributed by atoms with E-state index in [0.29, 0.717) is 6.04 Å². The van der Waals surface area contributed by atoms with Gasteiger partial charge in [0.15, 0.2) is 5.96 Å². The molecule has 6 nitrogen and oxygen atoms in total. The van der Waals surface area contributed by atoms with Gasteiger partial charge in [0, 0.05) is 43.2 Å². The van der Waals surface area contributed by atoms with Crippen LogP contribution in [0.15, 0.2) is 35.3 Å². The first kappa shape index (κ1) is 23.6. The van der Waals surface area contributed by atoms with Gasteiger partial charge >= 0.3 is 0 Å². The fraction of sp³-hybridized carbons (Fsp3) is 0.680. The molecule has 2 fully saturated rings. The first-order valence-electron chi connectivity index (χ1n) is 12.1. The van der Waals surface area contributed by atoms with E-state index in [1.165, 1.54) is 18.4 Å². The van der Waals surface area contributed by atoms with Crippen molar-refractivity contribution in [2.75, 3.05) is 26.2 Å². The van der Waals surface area contributed by atoms with Gasteiger partial charge in [-0.2, -0.15) is 0 Å². The van der Waals surface area contributed by atoms with Crippen LogP contribution in [0.4, 0.5) is 0 Å². The molecule has 0 aromatic heterocycles. The molecule has 1 aliphatic heterocycles. The molecule has 31 heavy (non-hydrogen) atoms. The van der Waals surface area contributed by atoms with Crippen molar-refractivity contribution < 1.29 is 4.79 Å². The Bertz CT molecular complexity index is 727. The van der Waals surface area contributed by atoms with Crippen molar-refractivity contribution in [2.45, 2.75) is 77.4 Å². The molecule has 0 spiro atoms. The Morgan fingerprint density at radius 1 is 1.19 bits per heavy atom. The highest BCUT2D eigenvalue weighted by molar-refractivity contribution is 5.81. The minimum atomic E-state index is 0.0485. The first-order chi connectivity index (χ1) is 14.9. The summed E-state index contributed by atoms with van der Waals surface area (Å²) in [5.74, 6) is 1.17. The normalized spacial score (nSPS) is 22.0. The molecule has 1 aromatic rings. The average molecular weight is 428 g/mol. The summed E-state index contributed by atoms with van der Waals surface area (Å²) in [5, 5.41) is 10.9. The zero-order valence-electron chi connectivity index (χ0n) is 19.8. The molecule has 3 N–H and O–H groups in total. The van der Waals surface area contributed by atoms with Crippen molar-refractivity contribution in [3.8, 4) is 0 Å². The van der Waals surface area contributed by atoms with Crippen molar-refractivity contribution in [1.29, 1.82) is 0 Å². The highest BCUT2D eigenvalue weighted by atomic mass is 16.2. The molecule has 1 saturated heterocycles. The predicted molar refractivity (Wildman–Crippen MR) is 128 cm³/mol. The van der Waals surface area contributed by atoms with Gasteiger partial charge in [0.05, 0.1) is 6.54 Å². The van der Waals surface area contributed by atoms with Crippen molar-refractivity contribution in [3.63, 3.8) is 0 Å². The number of nitrogens with one attached hydrogen (secondary N) is 3. The third-order valence-electron chi connectivity index (χ3n) is 6.60. The number of likely N-dealkylation sites (tertiary alicyclic amines) is 1. The molecule has 1 heterocycles. The highest BCUT2D eigenvalue weighted by Gasteiger charge is 2.35. The van der Waals surface area contributed by atoms with Crippen LogP contribution in [0.3, 0.4) is 0 Å². The number of amides is 1. The van der Waals surface area contributed by atoms with E-state index >= 15 is 0 Å². The second-order valence-electron chi connectivity index (χ2n) is 9.53. The molecule has 0 radical (unpaired) electrons. The molecule has 3 rings (SSSR count). The van der Waals surface area contributed by atoms with Gasteiger partial charge in [-0.05, 0) is 38.7 Å². The molecule has 1 amide bonds. The van der Waals surface area contributed by atoms with Crippen LogP contribution in [0.5, 0.6) is 0 Å². The van der Waals surface area contributed by atoms with E-state index in [-0.39, 0.29) is 23.4 Å². The van der Waals surface area contributed by atoms with Crippen molar-refractivity contribution in [2.24, 2.45) is 10.9 Å². The quantitative estimate of drug-likeness (QED) is 0.439. The van der Waals surface area contributed by atoms with E-state index < -0.39 is 0 Å². The molecule has 0 bridgehead atoms. The van der Waals surface area contributed by atoms with Crippen LogP contribution in [-0.2, 0) is 4.79 Å². The van der Waals surface area contributed by atoms with Gasteiger partial charge in [0.1, 0.15) is 0 Å². The molecular formula is C25H41N5O. The Hall–Kier alpha value is -2.08. The van der Waals surface area contributed by atoms with Crippen LogP contribution in [0.2, 0.25) is 0 Å². The molecule has 1 saturated carbocycles. The van der Waals surface area contributed by atoms with E-state index in [2.05, 4.69) is 60.1 Å². The molecule has 1 aliphatic carbocycles. The summed E-state index contributed by atoms with van der Waals surface area (Å²) < 4.78 is 0. The summed E-state index contributed by atoms with van der Waals surface area (Å²) in [5.41, 5.74) is 1.37. The van der Waals surface area contributed by atoms with E-state index in [1.807, 2.05) is 18.7 Å². The van der Waals surface area contributed by atoms with Crippen LogP contribution < -0.4 is 16.0 Å². The topological polar surface area (TPSA) is 68.8 Å². The Morgan fingerprint density at radius 2 is 1.90 bits per heavy atom. The van der Waals surface area contributed by atoms with E-state index in [4.69, 9.17) is 4.99 Å². The number of nitrogens with zero attached hydrogens (tertiary/aromatic N) is 2. The average Bonchev–Trinajstić information content (AvgIpc) is 3.42. The zero-order chi connectivity index (χ0) is 22.3. The molecule has 2 atom stereocenters. The maximum atomic E-state index is 12.3. The number of rotatable bonds is 8. The Balaban J connectivity index is 1.63. The molecule has 2 aliphatic rings. The standard InChI is InChI=1S/C25H41N5O/c1-5-26-24(28-22-13-16-30(17-22)23(31)19(2)3)27-18-25(14-9-10-15-25)29-20(4)21-11-7-6-8-12-21/h6-8,11-12,19-20,22,29H,5,9-10,13-18H2,1-4H3,(H2,26,27,28). The fourth-order valence-electron chi connectivity index (χ4n) is 4.87. The maximum absolute atomic E-state index is 12.3. The van der Waals surface area contributed by atoms with Gasteiger partial charge < -0.3 is 20.9 Å². The van der Waals surface area contributed by atoms with Gasteiger partial charge in [-0.15, -0.1) is 0 Å². The molecular weight excluding hydrogens is 386 g/mol. The lowest BCUT2D eigenvalue weighted by Crippen LogP contribution is -2.49. The van der Waals surface area contributed by atoms with E-state index in [9.17, 15) is 4.79 Å². The third kappa shape index (κ3) is 6.45. The molecule has 2 unspecified atom stereocenters. The summed E-state index contributed by atoms with van der Waals surface area (Å²) in [6.45, 7) is 11.5. The number of hydrogen-bond acceptors (Lipinski definition) is 3. The van der Waals surface area contributed by atoms with Gasteiger partial charge in [-0.25, -0.2) is 0 Å². The SMILES string of the molecule is CCNC(=NCC1(NC(C)c2ccccc2)CCCC1)NC1CCN(C(=O)C(C)C)C1. The van der Waals surface area contributed by atoms with Crippen molar-refractivity contribution >= 4 is 11.9 Å². The van der Waals surface area contributed by atoms with Gasteiger partial charge in [-0.1, -0.05) is 57.0 Å². The van der Waals surface area contributed by atoms with E-state index in [1.54, 1.807) is 0 Å². The summed E-state index contributed by atoms with van der Waals surface area (Å²) in [6.07, 6.45) is 5.80. The molecule has 172 valence electrons. The summed E-state index contributed by atoms with van der Waals surface area (Å²) in [7, 11) is 0. The van der Waals surface area contributed by atoms with Crippen molar-refractivity contribution in [1.82, 2.24) is 20.9 Å². The lowest BCUT2D eigenvalue weighted by Gasteiger charge is -2.33. The molecule has 1 aromatic carbocycles. The summed E-state index contributed by atoms with van der Waals surface area (Å²) in [6, 6.07) is 11.2. The number of guanidine groups is 1. The van der Waals surface area contributed by atoms with Gasteiger partial charge in [-0.3, -0.25) is 9.79 Å². The van der Waals surface area contributed by atoms with Crippen LogP contribution in [0.1, 0.15) is 71.4 Å². The second kappa shape index (κ2) is 11.0. The number of aliphatic imine (C=N–C) groups is 1. The smallest absolute Gasteiger partial charge is 0.225 e. The predicted octanol–water partition coefficient (Wildman–Crippen LogP) is 3.46. The van der Waals surface area contributed by atoms with Gasteiger partial charge in [0.25, 0.3) is 0 Å². The lowest BCUT2D eigenvalue weighted by atomic mass is 9.95. The van der Waals surface area contributed by atoms with Gasteiger partial charge in [0.2, 0.25) is 5.91 Å². The number of carbonyl (C=O) groups is 1. The minimum absolute atomic E-state index is 0.0485.